The third kappa shape index (κ3) is 3.07. The Morgan fingerprint density at radius 3 is 3.06 bits per heavy atom. The molecule has 17 heavy (non-hydrogen) atoms. The van der Waals surface area contributed by atoms with Gasteiger partial charge in [-0.25, -0.2) is 0 Å². The summed E-state index contributed by atoms with van der Waals surface area (Å²) in [5.74, 6) is 1.15. The molecule has 0 radical (unpaired) electrons. The monoisotopic (exact) mass is 233 g/mol. The number of benzene rings is 1. The van der Waals surface area contributed by atoms with E-state index in [1.807, 2.05) is 19.2 Å². The number of carbonyl (C=O) groups is 1. The largest absolute Gasteiger partial charge is 0.490 e. The van der Waals surface area contributed by atoms with Crippen LogP contribution in [-0.2, 0) is 17.6 Å². The molecule has 0 saturated heterocycles. The van der Waals surface area contributed by atoms with Crippen LogP contribution < -0.4 is 10.1 Å². The van der Waals surface area contributed by atoms with Gasteiger partial charge in [-0.1, -0.05) is 12.1 Å². The first kappa shape index (κ1) is 12.1. The molecule has 3 heteroatoms. The molecule has 1 heterocycles. The summed E-state index contributed by atoms with van der Waals surface area (Å²) in [6, 6.07) is 6.13. The Morgan fingerprint density at radius 2 is 2.35 bits per heavy atom. The molecule has 0 saturated carbocycles. The molecule has 1 unspecified atom stereocenters. The van der Waals surface area contributed by atoms with Gasteiger partial charge in [-0.15, -0.1) is 0 Å². The van der Waals surface area contributed by atoms with E-state index in [0.29, 0.717) is 6.42 Å². The van der Waals surface area contributed by atoms with Crippen LogP contribution in [0, 0.1) is 0 Å². The van der Waals surface area contributed by atoms with Gasteiger partial charge in [0.15, 0.2) is 0 Å². The Bertz CT molecular complexity index is 415. The van der Waals surface area contributed by atoms with E-state index < -0.39 is 0 Å². The van der Waals surface area contributed by atoms with Crippen LogP contribution in [0.4, 0.5) is 0 Å². The van der Waals surface area contributed by atoms with Gasteiger partial charge in [0.25, 0.3) is 0 Å². The predicted molar refractivity (Wildman–Crippen MR) is 67.5 cm³/mol. The molecule has 2 rings (SSSR count). The standard InChI is InChI=1S/C14H19NO2/c1-10(16)7-11-3-4-12-9-13(5-6-15-2)17-14(12)8-11/h3-4,8,13,15H,5-7,9H2,1-2H3. The quantitative estimate of drug-likeness (QED) is 0.841. The minimum atomic E-state index is 0.190. The molecule has 1 N–H and O–H groups in total. The van der Waals surface area contributed by atoms with Gasteiger partial charge < -0.3 is 10.1 Å². The Kier molecular flexibility index (Phi) is 3.79. The highest BCUT2D eigenvalue weighted by Gasteiger charge is 2.22. The molecule has 0 fully saturated rings. The van der Waals surface area contributed by atoms with Crippen LogP contribution >= 0.6 is 0 Å². The second-order valence-corrected chi connectivity index (χ2v) is 4.66. The first-order valence-electron chi connectivity index (χ1n) is 6.11. The maximum absolute atomic E-state index is 11.1. The lowest BCUT2D eigenvalue weighted by atomic mass is 10.0. The van der Waals surface area contributed by atoms with Crippen molar-refractivity contribution in [1.82, 2.24) is 5.32 Å². The van der Waals surface area contributed by atoms with Crippen molar-refractivity contribution in [3.8, 4) is 5.75 Å². The average Bonchev–Trinajstić information content (AvgIpc) is 2.67. The van der Waals surface area contributed by atoms with Gasteiger partial charge in [0, 0.05) is 12.8 Å². The van der Waals surface area contributed by atoms with E-state index in [0.717, 1.165) is 30.7 Å². The highest BCUT2D eigenvalue weighted by Crippen LogP contribution is 2.31. The zero-order valence-corrected chi connectivity index (χ0v) is 10.5. The fraction of sp³-hybridized carbons (Fsp3) is 0.500. The summed E-state index contributed by atoms with van der Waals surface area (Å²) >= 11 is 0. The lowest BCUT2D eigenvalue weighted by Gasteiger charge is -2.09. The van der Waals surface area contributed by atoms with Crippen LogP contribution in [-0.4, -0.2) is 25.5 Å². The van der Waals surface area contributed by atoms with E-state index in [9.17, 15) is 4.79 Å². The van der Waals surface area contributed by atoms with E-state index >= 15 is 0 Å². The lowest BCUT2D eigenvalue weighted by molar-refractivity contribution is -0.116. The van der Waals surface area contributed by atoms with Crippen LogP contribution in [0.2, 0.25) is 0 Å². The smallest absolute Gasteiger partial charge is 0.134 e. The van der Waals surface area contributed by atoms with Crippen molar-refractivity contribution < 1.29 is 9.53 Å². The van der Waals surface area contributed by atoms with Crippen molar-refractivity contribution in [2.24, 2.45) is 0 Å². The first-order valence-corrected chi connectivity index (χ1v) is 6.11. The molecule has 3 nitrogen and oxygen atoms in total. The summed E-state index contributed by atoms with van der Waals surface area (Å²) in [6.07, 6.45) is 2.78. The van der Waals surface area contributed by atoms with Crippen molar-refractivity contribution in [2.45, 2.75) is 32.3 Å². The summed E-state index contributed by atoms with van der Waals surface area (Å²) in [5.41, 5.74) is 2.31. The van der Waals surface area contributed by atoms with Crippen LogP contribution in [0.1, 0.15) is 24.5 Å². The molecular formula is C14H19NO2. The maximum atomic E-state index is 11.1. The molecule has 0 amide bonds. The fourth-order valence-electron chi connectivity index (χ4n) is 2.21. The van der Waals surface area contributed by atoms with Crippen molar-refractivity contribution in [3.05, 3.63) is 29.3 Å². The molecule has 1 aliphatic heterocycles. The van der Waals surface area contributed by atoms with Crippen LogP contribution in [0.25, 0.3) is 0 Å². The van der Waals surface area contributed by atoms with Gasteiger partial charge >= 0.3 is 0 Å². The van der Waals surface area contributed by atoms with Crippen LogP contribution in [0.15, 0.2) is 18.2 Å². The zero-order valence-electron chi connectivity index (χ0n) is 10.5. The summed E-state index contributed by atoms with van der Waals surface area (Å²) < 4.78 is 5.88. The zero-order chi connectivity index (χ0) is 12.3. The second-order valence-electron chi connectivity index (χ2n) is 4.66. The van der Waals surface area contributed by atoms with E-state index in [1.54, 1.807) is 6.92 Å². The highest BCUT2D eigenvalue weighted by molar-refractivity contribution is 5.78. The topological polar surface area (TPSA) is 38.3 Å². The van der Waals surface area contributed by atoms with Crippen molar-refractivity contribution in [3.63, 3.8) is 0 Å². The molecule has 1 atom stereocenters. The van der Waals surface area contributed by atoms with Gasteiger partial charge in [0.2, 0.25) is 0 Å². The molecule has 1 aromatic carbocycles. The van der Waals surface area contributed by atoms with Crippen molar-refractivity contribution >= 4 is 5.78 Å². The van der Waals surface area contributed by atoms with Gasteiger partial charge in [-0.3, -0.25) is 4.79 Å². The normalized spacial score (nSPS) is 17.6. The fourth-order valence-corrected chi connectivity index (χ4v) is 2.21. The number of rotatable bonds is 5. The average molecular weight is 233 g/mol. The van der Waals surface area contributed by atoms with E-state index in [-0.39, 0.29) is 11.9 Å². The summed E-state index contributed by atoms with van der Waals surface area (Å²) in [6.45, 7) is 2.59. The number of hydrogen-bond donors (Lipinski definition) is 1. The van der Waals surface area contributed by atoms with Crippen molar-refractivity contribution in [2.75, 3.05) is 13.6 Å². The Hall–Kier alpha value is -1.35. The molecule has 1 aromatic rings. The number of Topliss-reactive ketones (excluding diaryl/α,β-unsaturated/α-hetero) is 1. The number of ether oxygens (including phenoxy) is 1. The highest BCUT2D eigenvalue weighted by atomic mass is 16.5. The summed E-state index contributed by atoms with van der Waals surface area (Å²) in [7, 11) is 1.95. The number of nitrogens with one attached hydrogen (secondary N) is 1. The molecule has 0 aliphatic carbocycles. The second kappa shape index (κ2) is 5.32. The molecule has 0 aromatic heterocycles. The number of hydrogen-bond acceptors (Lipinski definition) is 3. The molecular weight excluding hydrogens is 214 g/mol. The van der Waals surface area contributed by atoms with Gasteiger partial charge in [-0.2, -0.15) is 0 Å². The maximum Gasteiger partial charge on any atom is 0.134 e. The van der Waals surface area contributed by atoms with E-state index in [1.165, 1.54) is 5.56 Å². The minimum absolute atomic E-state index is 0.190. The predicted octanol–water partition coefficient (Wildman–Crippen LogP) is 1.73. The van der Waals surface area contributed by atoms with Gasteiger partial charge in [0.1, 0.15) is 17.6 Å². The van der Waals surface area contributed by atoms with Gasteiger partial charge in [-0.05, 0) is 44.1 Å². The summed E-state index contributed by atoms with van der Waals surface area (Å²) in [4.78, 5) is 11.1. The number of ketones is 1. The summed E-state index contributed by atoms with van der Waals surface area (Å²) in [5, 5.41) is 3.13. The third-order valence-electron chi connectivity index (χ3n) is 3.04. The molecule has 1 aliphatic rings. The van der Waals surface area contributed by atoms with Gasteiger partial charge in [0.05, 0.1) is 0 Å². The third-order valence-corrected chi connectivity index (χ3v) is 3.04. The Balaban J connectivity index is 2.03. The Labute approximate surface area is 102 Å². The lowest BCUT2D eigenvalue weighted by Crippen LogP contribution is -2.20. The molecule has 0 bridgehead atoms. The van der Waals surface area contributed by atoms with Crippen LogP contribution in [0.5, 0.6) is 5.75 Å². The van der Waals surface area contributed by atoms with E-state index in [4.69, 9.17) is 4.74 Å². The minimum Gasteiger partial charge on any atom is -0.490 e. The van der Waals surface area contributed by atoms with Crippen LogP contribution in [0.3, 0.4) is 0 Å². The first-order chi connectivity index (χ1) is 8.19. The Morgan fingerprint density at radius 1 is 1.53 bits per heavy atom. The molecule has 0 spiro atoms. The van der Waals surface area contributed by atoms with E-state index in [2.05, 4.69) is 11.4 Å². The van der Waals surface area contributed by atoms with Crippen molar-refractivity contribution in [1.29, 1.82) is 0 Å². The number of carbonyl (C=O) groups excluding carboxylic acids is 1. The number of fused-ring (bicyclic) bond motifs is 1. The SMILES string of the molecule is CNCCC1Cc2ccc(CC(C)=O)cc2O1. The molecule has 92 valence electrons.